The van der Waals surface area contributed by atoms with Gasteiger partial charge in [-0.15, -0.1) is 0 Å². The number of rotatable bonds is 3. The summed E-state index contributed by atoms with van der Waals surface area (Å²) < 4.78 is 13.2. The molecule has 1 unspecified atom stereocenters. The molecule has 0 fully saturated rings. The van der Waals surface area contributed by atoms with Gasteiger partial charge in [-0.25, -0.2) is 9.36 Å². The molecule has 14 heavy (non-hydrogen) atoms. The number of hydrogen-bond donors (Lipinski definition) is 4. The fourth-order valence-corrected chi connectivity index (χ4v) is 0.266. The predicted octanol–water partition coefficient (Wildman–Crippen LogP) is -0.485. The zero-order valence-corrected chi connectivity index (χ0v) is 8.42. The first-order valence-corrected chi connectivity index (χ1v) is 5.06. The van der Waals surface area contributed by atoms with Gasteiger partial charge in [0.15, 0.2) is 0 Å². The highest BCUT2D eigenvalue weighted by Crippen LogP contribution is 2.25. The molecule has 8 heteroatoms. The Kier molecular flexibility index (Phi) is 8.61. The second kappa shape index (κ2) is 7.66. The van der Waals surface area contributed by atoms with Gasteiger partial charge in [0.05, 0.1) is 0 Å². The third-order valence-corrected chi connectivity index (χ3v) is 0.768. The molecule has 0 bridgehead atoms. The summed E-state index contributed by atoms with van der Waals surface area (Å²) in [4.78, 5) is 31.8. The molecule has 0 aliphatic carbocycles. The first-order valence-electron chi connectivity index (χ1n) is 3.50. The molecule has 0 aliphatic heterocycles. The van der Waals surface area contributed by atoms with E-state index in [4.69, 9.17) is 24.4 Å². The standard InChI is InChI=1S/C6H10O3.H3O4P/c1-3-5(7)9-6(8)4-2;1-5(2,3)4/h3,6,8H,1,4H2,2H3;(H3,1,2,3,4). The highest BCUT2D eigenvalue weighted by molar-refractivity contribution is 7.45. The summed E-state index contributed by atoms with van der Waals surface area (Å²) in [7, 11) is -4.64. The molecule has 4 N–H and O–H groups in total. The maximum atomic E-state index is 10.3. The molecule has 1 atom stereocenters. The van der Waals surface area contributed by atoms with Crippen LogP contribution in [0.1, 0.15) is 13.3 Å². The predicted molar refractivity (Wildman–Crippen MR) is 46.8 cm³/mol. The molecule has 0 aromatic carbocycles. The molecule has 0 heterocycles. The van der Waals surface area contributed by atoms with Gasteiger partial charge >= 0.3 is 13.8 Å². The largest absolute Gasteiger partial charge is 0.466 e. The minimum absolute atomic E-state index is 0.402. The maximum absolute atomic E-state index is 10.3. The van der Waals surface area contributed by atoms with Crippen molar-refractivity contribution in [1.29, 1.82) is 0 Å². The third-order valence-electron chi connectivity index (χ3n) is 0.768. The Hall–Kier alpha value is -0.720. The summed E-state index contributed by atoms with van der Waals surface area (Å²) in [6.07, 6.45) is 0.425. The van der Waals surface area contributed by atoms with Crippen molar-refractivity contribution in [2.75, 3.05) is 0 Å². The third kappa shape index (κ3) is 22.5. The van der Waals surface area contributed by atoms with Crippen molar-refractivity contribution < 1.29 is 33.9 Å². The Balaban J connectivity index is 0. The van der Waals surface area contributed by atoms with Crippen LogP contribution in [0.15, 0.2) is 12.7 Å². The van der Waals surface area contributed by atoms with E-state index in [2.05, 4.69) is 11.3 Å². The van der Waals surface area contributed by atoms with Crippen LogP contribution in [-0.4, -0.2) is 32.0 Å². The van der Waals surface area contributed by atoms with Crippen LogP contribution in [-0.2, 0) is 14.1 Å². The van der Waals surface area contributed by atoms with E-state index in [1.54, 1.807) is 6.92 Å². The first kappa shape index (κ1) is 15.7. The van der Waals surface area contributed by atoms with Crippen LogP contribution >= 0.6 is 7.82 Å². The zero-order valence-electron chi connectivity index (χ0n) is 7.53. The van der Waals surface area contributed by atoms with Crippen molar-refractivity contribution in [2.45, 2.75) is 19.6 Å². The Morgan fingerprint density at radius 3 is 2.14 bits per heavy atom. The van der Waals surface area contributed by atoms with Crippen LogP contribution in [0.4, 0.5) is 0 Å². The average molecular weight is 228 g/mol. The van der Waals surface area contributed by atoms with E-state index in [-0.39, 0.29) is 0 Å². The summed E-state index contributed by atoms with van der Waals surface area (Å²) in [5, 5.41) is 8.67. The summed E-state index contributed by atoms with van der Waals surface area (Å²) >= 11 is 0. The van der Waals surface area contributed by atoms with E-state index in [9.17, 15) is 4.79 Å². The Labute approximate surface area is 80.9 Å². The van der Waals surface area contributed by atoms with E-state index >= 15 is 0 Å². The van der Waals surface area contributed by atoms with E-state index in [1.807, 2.05) is 0 Å². The van der Waals surface area contributed by atoms with Gasteiger partial charge in [-0.05, 0) is 0 Å². The molecular weight excluding hydrogens is 215 g/mol. The molecule has 0 radical (unpaired) electrons. The molecule has 0 rings (SSSR count). The monoisotopic (exact) mass is 228 g/mol. The van der Waals surface area contributed by atoms with Gasteiger partial charge in [-0.3, -0.25) is 0 Å². The van der Waals surface area contributed by atoms with Crippen LogP contribution in [0, 0.1) is 0 Å². The number of aliphatic hydroxyl groups excluding tert-OH is 1. The minimum atomic E-state index is -4.64. The smallest absolute Gasteiger partial charge is 0.433 e. The summed E-state index contributed by atoms with van der Waals surface area (Å²) in [5.74, 6) is -0.593. The average Bonchev–Trinajstić information content (AvgIpc) is 2.01. The second-order valence-corrected chi connectivity index (χ2v) is 3.04. The quantitative estimate of drug-likeness (QED) is 0.222. The first-order chi connectivity index (χ1) is 6.20. The highest BCUT2D eigenvalue weighted by Gasteiger charge is 2.02. The number of carbonyl (C=O) groups excluding carboxylic acids is 1. The number of phosphoric acid groups is 1. The van der Waals surface area contributed by atoms with Gasteiger partial charge in [0.1, 0.15) is 0 Å². The van der Waals surface area contributed by atoms with Crippen molar-refractivity contribution in [3.05, 3.63) is 12.7 Å². The van der Waals surface area contributed by atoms with E-state index in [1.165, 1.54) is 0 Å². The topological polar surface area (TPSA) is 124 Å². The van der Waals surface area contributed by atoms with Gasteiger partial charge in [-0.2, -0.15) is 0 Å². The maximum Gasteiger partial charge on any atom is 0.466 e. The van der Waals surface area contributed by atoms with Gasteiger partial charge in [0, 0.05) is 12.5 Å². The molecule has 0 spiro atoms. The van der Waals surface area contributed by atoms with Crippen LogP contribution in [0.2, 0.25) is 0 Å². The Morgan fingerprint density at radius 2 is 1.93 bits per heavy atom. The number of carbonyl (C=O) groups is 1. The lowest BCUT2D eigenvalue weighted by Gasteiger charge is -2.05. The number of ether oxygens (including phenoxy) is 1. The summed E-state index contributed by atoms with van der Waals surface area (Å²) in [6.45, 7) is 4.87. The van der Waals surface area contributed by atoms with E-state index in [0.717, 1.165) is 6.08 Å². The lowest BCUT2D eigenvalue weighted by Crippen LogP contribution is -2.14. The van der Waals surface area contributed by atoms with E-state index < -0.39 is 20.1 Å². The van der Waals surface area contributed by atoms with Gasteiger partial charge in [-0.1, -0.05) is 13.5 Å². The summed E-state index contributed by atoms with van der Waals surface area (Å²) in [5.41, 5.74) is 0. The zero-order chi connectivity index (χ0) is 11.8. The number of aliphatic hydroxyl groups is 1. The van der Waals surface area contributed by atoms with Gasteiger partial charge < -0.3 is 24.5 Å². The normalized spacial score (nSPS) is 12.1. The van der Waals surface area contributed by atoms with Crippen LogP contribution in [0.3, 0.4) is 0 Å². The summed E-state index contributed by atoms with van der Waals surface area (Å²) in [6, 6.07) is 0. The Morgan fingerprint density at radius 1 is 1.57 bits per heavy atom. The molecule has 0 aliphatic rings. The highest BCUT2D eigenvalue weighted by atomic mass is 31.2. The van der Waals surface area contributed by atoms with Crippen LogP contribution in [0.25, 0.3) is 0 Å². The van der Waals surface area contributed by atoms with Crippen LogP contribution < -0.4 is 0 Å². The fraction of sp³-hybridized carbons (Fsp3) is 0.500. The fourth-order valence-electron chi connectivity index (χ4n) is 0.266. The van der Waals surface area contributed by atoms with Gasteiger partial charge in [0.2, 0.25) is 6.29 Å². The Bertz CT molecular complexity index is 212. The molecule has 0 aromatic rings. The molecule has 0 amide bonds. The van der Waals surface area contributed by atoms with Gasteiger partial charge in [0.25, 0.3) is 0 Å². The number of esters is 1. The molecule has 84 valence electrons. The lowest BCUT2D eigenvalue weighted by atomic mass is 10.5. The van der Waals surface area contributed by atoms with Crippen LogP contribution in [0.5, 0.6) is 0 Å². The van der Waals surface area contributed by atoms with E-state index in [0.29, 0.717) is 6.42 Å². The molecular formula is C6H13O7P. The van der Waals surface area contributed by atoms with Crippen molar-refractivity contribution in [1.82, 2.24) is 0 Å². The SMILES string of the molecule is C=CC(=O)OC(O)CC.O=P(O)(O)O. The molecule has 7 nitrogen and oxygen atoms in total. The number of hydrogen-bond acceptors (Lipinski definition) is 4. The van der Waals surface area contributed by atoms with Crippen molar-refractivity contribution in [2.24, 2.45) is 0 Å². The van der Waals surface area contributed by atoms with Crippen molar-refractivity contribution >= 4 is 13.8 Å². The van der Waals surface area contributed by atoms with Crippen molar-refractivity contribution in [3.63, 3.8) is 0 Å². The molecule has 0 saturated carbocycles. The second-order valence-electron chi connectivity index (χ2n) is 2.02. The lowest BCUT2D eigenvalue weighted by molar-refractivity contribution is -0.161. The molecule has 0 aromatic heterocycles. The van der Waals surface area contributed by atoms with Crippen molar-refractivity contribution in [3.8, 4) is 0 Å². The molecule has 0 saturated heterocycles. The minimum Gasteiger partial charge on any atom is -0.433 e.